The van der Waals surface area contributed by atoms with Crippen molar-refractivity contribution in [2.75, 3.05) is 20.2 Å². The molecule has 0 aliphatic carbocycles. The Hall–Kier alpha value is -1.85. The SMILES string of the molecule is CCOC(=O)CN(C)C(=O)c1ocnc1C. The van der Waals surface area contributed by atoms with Crippen molar-refractivity contribution in [3.05, 3.63) is 17.8 Å². The Kier molecular flexibility index (Phi) is 4.04. The van der Waals surface area contributed by atoms with Gasteiger partial charge < -0.3 is 14.1 Å². The van der Waals surface area contributed by atoms with Gasteiger partial charge >= 0.3 is 5.97 Å². The number of amides is 1. The number of aryl methyl sites for hydroxylation is 1. The molecule has 1 aromatic rings. The molecule has 0 fully saturated rings. The van der Waals surface area contributed by atoms with Crippen LogP contribution in [0.15, 0.2) is 10.8 Å². The number of carbonyl (C=O) groups excluding carboxylic acids is 2. The van der Waals surface area contributed by atoms with Gasteiger partial charge in [0.15, 0.2) is 6.39 Å². The van der Waals surface area contributed by atoms with Crippen molar-refractivity contribution in [2.45, 2.75) is 13.8 Å². The third-order valence-corrected chi connectivity index (χ3v) is 1.96. The molecule has 1 aromatic heterocycles. The summed E-state index contributed by atoms with van der Waals surface area (Å²) in [5.41, 5.74) is 0.501. The summed E-state index contributed by atoms with van der Waals surface area (Å²) in [6.07, 6.45) is 1.20. The molecule has 6 heteroatoms. The first kappa shape index (κ1) is 12.2. The van der Waals surface area contributed by atoms with Crippen LogP contribution in [0.1, 0.15) is 23.2 Å². The minimum Gasteiger partial charge on any atom is -0.465 e. The number of carbonyl (C=O) groups is 2. The van der Waals surface area contributed by atoms with Crippen molar-refractivity contribution in [3.8, 4) is 0 Å². The molecule has 0 aromatic carbocycles. The molecule has 88 valence electrons. The van der Waals surface area contributed by atoms with Crippen LogP contribution in [0.3, 0.4) is 0 Å². The van der Waals surface area contributed by atoms with Gasteiger partial charge in [0, 0.05) is 7.05 Å². The zero-order chi connectivity index (χ0) is 12.1. The van der Waals surface area contributed by atoms with Gasteiger partial charge in [-0.3, -0.25) is 9.59 Å². The summed E-state index contributed by atoms with van der Waals surface area (Å²) in [5, 5.41) is 0. The molecule has 1 heterocycles. The Morgan fingerprint density at radius 2 is 2.25 bits per heavy atom. The number of rotatable bonds is 4. The van der Waals surface area contributed by atoms with Crippen LogP contribution in [0.25, 0.3) is 0 Å². The molecule has 0 aliphatic rings. The van der Waals surface area contributed by atoms with E-state index in [-0.39, 0.29) is 18.2 Å². The molecule has 0 radical (unpaired) electrons. The van der Waals surface area contributed by atoms with E-state index in [1.807, 2.05) is 0 Å². The lowest BCUT2D eigenvalue weighted by atomic mass is 10.3. The van der Waals surface area contributed by atoms with E-state index < -0.39 is 5.97 Å². The Labute approximate surface area is 93.2 Å². The number of ether oxygens (including phenoxy) is 1. The van der Waals surface area contributed by atoms with Gasteiger partial charge in [0.25, 0.3) is 5.91 Å². The second-order valence-corrected chi connectivity index (χ2v) is 3.23. The lowest BCUT2D eigenvalue weighted by molar-refractivity contribution is -0.143. The minimum atomic E-state index is -0.449. The standard InChI is InChI=1S/C10H14N2O4/c1-4-15-8(13)5-12(3)10(14)9-7(2)11-6-16-9/h6H,4-5H2,1-3H3. The largest absolute Gasteiger partial charge is 0.465 e. The van der Waals surface area contributed by atoms with Crippen LogP contribution in [0, 0.1) is 6.92 Å². The summed E-state index contributed by atoms with van der Waals surface area (Å²) >= 11 is 0. The highest BCUT2D eigenvalue weighted by Gasteiger charge is 2.20. The zero-order valence-corrected chi connectivity index (χ0v) is 9.52. The van der Waals surface area contributed by atoms with Crippen molar-refractivity contribution >= 4 is 11.9 Å². The molecule has 0 bridgehead atoms. The molecule has 0 saturated heterocycles. The van der Waals surface area contributed by atoms with Gasteiger partial charge in [0.05, 0.1) is 12.3 Å². The molecule has 6 nitrogen and oxygen atoms in total. The predicted octanol–water partition coefficient (Wildman–Crippen LogP) is 0.618. The lowest BCUT2D eigenvalue weighted by Gasteiger charge is -2.14. The van der Waals surface area contributed by atoms with E-state index in [0.29, 0.717) is 12.3 Å². The summed E-state index contributed by atoms with van der Waals surface area (Å²) in [6, 6.07) is 0. The second kappa shape index (κ2) is 5.29. The molecule has 1 amide bonds. The first-order valence-electron chi connectivity index (χ1n) is 4.87. The van der Waals surface area contributed by atoms with E-state index in [1.165, 1.54) is 18.3 Å². The van der Waals surface area contributed by atoms with Crippen LogP contribution in [-0.4, -0.2) is 42.0 Å². The zero-order valence-electron chi connectivity index (χ0n) is 9.52. The van der Waals surface area contributed by atoms with Crippen molar-refractivity contribution in [3.63, 3.8) is 0 Å². The number of likely N-dealkylation sites (N-methyl/N-ethyl adjacent to an activating group) is 1. The van der Waals surface area contributed by atoms with Crippen LogP contribution in [-0.2, 0) is 9.53 Å². The molecule has 0 unspecified atom stereocenters. The normalized spacial score (nSPS) is 9.94. The molecular weight excluding hydrogens is 212 g/mol. The topological polar surface area (TPSA) is 72.6 Å². The summed E-state index contributed by atoms with van der Waals surface area (Å²) < 4.78 is 9.67. The van der Waals surface area contributed by atoms with Crippen molar-refractivity contribution < 1.29 is 18.7 Å². The number of hydrogen-bond acceptors (Lipinski definition) is 5. The molecule has 0 aliphatic heterocycles. The molecule has 0 saturated carbocycles. The minimum absolute atomic E-state index is 0.104. The maximum absolute atomic E-state index is 11.8. The Balaban J connectivity index is 2.61. The van der Waals surface area contributed by atoms with Crippen molar-refractivity contribution in [1.29, 1.82) is 0 Å². The highest BCUT2D eigenvalue weighted by molar-refractivity contribution is 5.94. The average molecular weight is 226 g/mol. The van der Waals surface area contributed by atoms with E-state index >= 15 is 0 Å². The second-order valence-electron chi connectivity index (χ2n) is 3.23. The van der Waals surface area contributed by atoms with E-state index in [4.69, 9.17) is 9.15 Å². The fraction of sp³-hybridized carbons (Fsp3) is 0.500. The monoisotopic (exact) mass is 226 g/mol. The lowest BCUT2D eigenvalue weighted by Crippen LogP contribution is -2.33. The summed E-state index contributed by atoms with van der Waals surface area (Å²) in [6.45, 7) is 3.56. The van der Waals surface area contributed by atoms with Gasteiger partial charge in [0.1, 0.15) is 6.54 Å². The summed E-state index contributed by atoms with van der Waals surface area (Å²) in [4.78, 5) is 27.9. The highest BCUT2D eigenvalue weighted by Crippen LogP contribution is 2.07. The van der Waals surface area contributed by atoms with Gasteiger partial charge in [-0.1, -0.05) is 0 Å². The van der Waals surface area contributed by atoms with E-state index in [2.05, 4.69) is 4.98 Å². The fourth-order valence-corrected chi connectivity index (χ4v) is 1.15. The van der Waals surface area contributed by atoms with Crippen LogP contribution < -0.4 is 0 Å². The highest BCUT2D eigenvalue weighted by atomic mass is 16.5. The Bertz CT molecular complexity index is 386. The maximum atomic E-state index is 11.8. The first-order valence-corrected chi connectivity index (χ1v) is 4.87. The van der Waals surface area contributed by atoms with E-state index in [1.54, 1.807) is 13.8 Å². The van der Waals surface area contributed by atoms with E-state index in [0.717, 1.165) is 0 Å². The van der Waals surface area contributed by atoms with Crippen molar-refractivity contribution in [1.82, 2.24) is 9.88 Å². The molecular formula is C10H14N2O4. The van der Waals surface area contributed by atoms with Crippen LogP contribution >= 0.6 is 0 Å². The smallest absolute Gasteiger partial charge is 0.325 e. The fourth-order valence-electron chi connectivity index (χ4n) is 1.15. The molecule has 0 N–H and O–H groups in total. The summed E-state index contributed by atoms with van der Waals surface area (Å²) in [7, 11) is 1.50. The van der Waals surface area contributed by atoms with Gasteiger partial charge in [-0.25, -0.2) is 4.98 Å². The van der Waals surface area contributed by atoms with E-state index in [9.17, 15) is 9.59 Å². The Morgan fingerprint density at radius 3 is 2.75 bits per heavy atom. The number of esters is 1. The quantitative estimate of drug-likeness (QED) is 0.703. The summed E-state index contributed by atoms with van der Waals surface area (Å²) in [5.74, 6) is -0.689. The average Bonchev–Trinajstić information content (AvgIpc) is 2.63. The van der Waals surface area contributed by atoms with Crippen molar-refractivity contribution in [2.24, 2.45) is 0 Å². The molecule has 1 rings (SSSR count). The Morgan fingerprint density at radius 1 is 1.56 bits per heavy atom. The third-order valence-electron chi connectivity index (χ3n) is 1.96. The van der Waals surface area contributed by atoms with Crippen LogP contribution in [0.2, 0.25) is 0 Å². The van der Waals surface area contributed by atoms with Crippen LogP contribution in [0.5, 0.6) is 0 Å². The number of aromatic nitrogens is 1. The maximum Gasteiger partial charge on any atom is 0.325 e. The number of nitrogens with zero attached hydrogens (tertiary/aromatic N) is 2. The first-order chi connectivity index (χ1) is 7.56. The van der Waals surface area contributed by atoms with Gasteiger partial charge in [-0.2, -0.15) is 0 Å². The molecule has 0 spiro atoms. The third kappa shape index (κ3) is 2.82. The van der Waals surface area contributed by atoms with Gasteiger partial charge in [0.2, 0.25) is 5.76 Å². The predicted molar refractivity (Wildman–Crippen MR) is 54.8 cm³/mol. The number of hydrogen-bond donors (Lipinski definition) is 0. The number of oxazole rings is 1. The molecule has 16 heavy (non-hydrogen) atoms. The molecule has 0 atom stereocenters. The van der Waals surface area contributed by atoms with Gasteiger partial charge in [-0.05, 0) is 13.8 Å². The van der Waals surface area contributed by atoms with Gasteiger partial charge in [-0.15, -0.1) is 0 Å². The van der Waals surface area contributed by atoms with Crippen LogP contribution in [0.4, 0.5) is 0 Å².